The van der Waals surface area contributed by atoms with Crippen LogP contribution in [0.25, 0.3) is 0 Å². The summed E-state index contributed by atoms with van der Waals surface area (Å²) in [6.45, 7) is 3.55. The fraction of sp³-hybridized carbons (Fsp3) is 0.818. The predicted octanol–water partition coefficient (Wildman–Crippen LogP) is 0.787. The molecule has 0 rings (SSSR count). The summed E-state index contributed by atoms with van der Waals surface area (Å²) < 4.78 is 39.1. The smallest absolute Gasteiger partial charge is 0.320 e. The van der Waals surface area contributed by atoms with Crippen LogP contribution in [0.1, 0.15) is 33.1 Å². The molecule has 112 valence electrons. The first kappa shape index (κ1) is 17.8. The molecule has 0 radical (unpaired) electrons. The molecule has 0 bridgehead atoms. The van der Waals surface area contributed by atoms with Gasteiger partial charge in [-0.25, -0.2) is 0 Å². The molecule has 0 aromatic carbocycles. The van der Waals surface area contributed by atoms with Crippen molar-refractivity contribution in [2.24, 2.45) is 5.92 Å². The van der Waals surface area contributed by atoms with Crippen molar-refractivity contribution in [3.8, 4) is 0 Å². The average molecular weight is 296 g/mol. The van der Waals surface area contributed by atoms with Gasteiger partial charge in [0, 0.05) is 0 Å². The molecule has 0 heterocycles. The predicted molar refractivity (Wildman–Crippen MR) is 67.0 cm³/mol. The molecule has 0 amide bonds. The zero-order valence-electron chi connectivity index (χ0n) is 11.1. The van der Waals surface area contributed by atoms with E-state index >= 15 is 0 Å². The van der Waals surface area contributed by atoms with Crippen LogP contribution in [-0.4, -0.2) is 43.9 Å². The highest BCUT2D eigenvalue weighted by Crippen LogP contribution is 2.13. The molecule has 0 aromatic rings. The van der Waals surface area contributed by atoms with Crippen LogP contribution in [0.5, 0.6) is 0 Å². The van der Waals surface area contributed by atoms with Crippen molar-refractivity contribution in [3.63, 3.8) is 0 Å². The first-order chi connectivity index (χ1) is 8.81. The van der Waals surface area contributed by atoms with Gasteiger partial charge in [0.1, 0.15) is 0 Å². The molecule has 19 heavy (non-hydrogen) atoms. The molecule has 0 aliphatic carbocycles. The van der Waals surface area contributed by atoms with Crippen molar-refractivity contribution in [2.45, 2.75) is 33.1 Å². The molecule has 0 fully saturated rings. The van der Waals surface area contributed by atoms with E-state index in [4.69, 9.17) is 14.0 Å². The molecule has 0 spiro atoms. The Bertz CT molecular complexity index is 370. The summed E-state index contributed by atoms with van der Waals surface area (Å²) in [5.41, 5.74) is 0. The van der Waals surface area contributed by atoms with Crippen molar-refractivity contribution >= 4 is 22.1 Å². The summed E-state index contributed by atoms with van der Waals surface area (Å²) >= 11 is 0. The van der Waals surface area contributed by atoms with Crippen molar-refractivity contribution < 1.29 is 32.0 Å². The highest BCUT2D eigenvalue weighted by atomic mass is 32.2. The van der Waals surface area contributed by atoms with E-state index in [1.807, 2.05) is 0 Å². The second kappa shape index (κ2) is 8.87. The molecule has 0 aliphatic heterocycles. The van der Waals surface area contributed by atoms with Gasteiger partial charge >= 0.3 is 11.9 Å². The third-order valence-electron chi connectivity index (χ3n) is 2.29. The normalized spacial score (nSPS) is 11.4. The Morgan fingerprint density at radius 1 is 1.05 bits per heavy atom. The van der Waals surface area contributed by atoms with Gasteiger partial charge in [-0.1, -0.05) is 6.42 Å². The Labute approximate surface area is 113 Å². The Kier molecular flexibility index (Phi) is 8.33. The summed E-state index contributed by atoms with van der Waals surface area (Å²) in [4.78, 5) is 23.1. The van der Waals surface area contributed by atoms with Gasteiger partial charge in [0.05, 0.1) is 19.0 Å². The topological polar surface area (TPSA) is 107 Å². The first-order valence-electron chi connectivity index (χ1n) is 6.10. The fourth-order valence-corrected chi connectivity index (χ4v) is 2.02. The quantitative estimate of drug-likeness (QED) is 0.290. The van der Waals surface area contributed by atoms with Gasteiger partial charge in [-0.3, -0.25) is 14.1 Å². The van der Waals surface area contributed by atoms with E-state index < -0.39 is 33.7 Å². The second-order valence-corrected chi connectivity index (χ2v) is 5.41. The lowest BCUT2D eigenvalue weighted by molar-refractivity contribution is -0.161. The molecule has 7 nitrogen and oxygen atoms in total. The van der Waals surface area contributed by atoms with Gasteiger partial charge in [0.2, 0.25) is 0 Å². The zero-order valence-corrected chi connectivity index (χ0v) is 11.9. The van der Waals surface area contributed by atoms with Crippen LogP contribution in [0.4, 0.5) is 0 Å². The second-order valence-electron chi connectivity index (χ2n) is 3.84. The number of carbonyl (C=O) groups excluding carboxylic acids is 2. The maximum absolute atomic E-state index is 11.6. The first-order valence-corrected chi connectivity index (χ1v) is 7.71. The Morgan fingerprint density at radius 3 is 1.89 bits per heavy atom. The number of esters is 2. The highest BCUT2D eigenvalue weighted by Gasteiger charge is 2.28. The van der Waals surface area contributed by atoms with Gasteiger partial charge in [0.15, 0.2) is 5.92 Å². The molecule has 1 N–H and O–H groups in total. The van der Waals surface area contributed by atoms with E-state index in [1.165, 1.54) is 0 Å². The van der Waals surface area contributed by atoms with E-state index in [2.05, 4.69) is 0 Å². The zero-order chi connectivity index (χ0) is 14.9. The third kappa shape index (κ3) is 8.55. The number of hydrogen-bond acceptors (Lipinski definition) is 6. The lowest BCUT2D eigenvalue weighted by Crippen LogP contribution is -2.28. The molecular weight excluding hydrogens is 276 g/mol. The maximum atomic E-state index is 11.6. The summed E-state index contributed by atoms with van der Waals surface area (Å²) in [6, 6.07) is 0. The van der Waals surface area contributed by atoms with E-state index in [0.29, 0.717) is 6.42 Å². The van der Waals surface area contributed by atoms with Crippen LogP contribution < -0.4 is 0 Å². The van der Waals surface area contributed by atoms with Gasteiger partial charge in [-0.2, -0.15) is 8.42 Å². The number of rotatable bonds is 9. The summed E-state index contributed by atoms with van der Waals surface area (Å²) in [6.07, 6.45) is 0.587. The van der Waals surface area contributed by atoms with E-state index in [1.54, 1.807) is 13.8 Å². The minimum atomic E-state index is -4.02. The van der Waals surface area contributed by atoms with E-state index in [9.17, 15) is 18.0 Å². The molecule has 0 aliphatic rings. The SMILES string of the molecule is CCOC(=O)C(CCCCS(=O)(=O)O)C(=O)OCC. The summed E-state index contributed by atoms with van der Waals surface area (Å²) in [5, 5.41) is 0. The van der Waals surface area contributed by atoms with Gasteiger partial charge in [-0.15, -0.1) is 0 Å². The monoisotopic (exact) mass is 296 g/mol. The highest BCUT2D eigenvalue weighted by molar-refractivity contribution is 7.85. The minimum absolute atomic E-state index is 0.132. The third-order valence-corrected chi connectivity index (χ3v) is 3.09. The van der Waals surface area contributed by atoms with Gasteiger partial charge < -0.3 is 9.47 Å². The molecule has 0 saturated heterocycles. The maximum Gasteiger partial charge on any atom is 0.320 e. The fourth-order valence-electron chi connectivity index (χ4n) is 1.45. The molecule has 0 unspecified atom stereocenters. The molecule has 8 heteroatoms. The van der Waals surface area contributed by atoms with Crippen LogP contribution in [0.3, 0.4) is 0 Å². The summed E-state index contributed by atoms with van der Waals surface area (Å²) in [7, 11) is -4.02. The van der Waals surface area contributed by atoms with Crippen LogP contribution in [0, 0.1) is 5.92 Å². The minimum Gasteiger partial charge on any atom is -0.465 e. The number of unbranched alkanes of at least 4 members (excludes halogenated alkanes) is 1. The van der Waals surface area contributed by atoms with Crippen molar-refractivity contribution in [2.75, 3.05) is 19.0 Å². The average Bonchev–Trinajstić information content (AvgIpc) is 2.27. The lowest BCUT2D eigenvalue weighted by Gasteiger charge is -2.13. The molecule has 0 atom stereocenters. The van der Waals surface area contributed by atoms with E-state index in [0.717, 1.165) is 0 Å². The van der Waals surface area contributed by atoms with Gasteiger partial charge in [0.25, 0.3) is 10.1 Å². The Balaban J connectivity index is 4.34. The van der Waals surface area contributed by atoms with Crippen molar-refractivity contribution in [3.05, 3.63) is 0 Å². The van der Waals surface area contributed by atoms with Crippen molar-refractivity contribution in [1.29, 1.82) is 0 Å². The molecular formula is C11H20O7S. The van der Waals surface area contributed by atoms with Gasteiger partial charge in [-0.05, 0) is 26.7 Å². The van der Waals surface area contributed by atoms with Crippen LogP contribution >= 0.6 is 0 Å². The Morgan fingerprint density at radius 2 is 1.53 bits per heavy atom. The standard InChI is InChI=1S/C11H20O7S/c1-3-17-10(12)9(11(13)18-4-2)7-5-6-8-19(14,15)16/h9H,3-8H2,1-2H3,(H,14,15,16). The van der Waals surface area contributed by atoms with Crippen LogP contribution in [-0.2, 0) is 29.2 Å². The Hall–Kier alpha value is -1.15. The lowest BCUT2D eigenvalue weighted by atomic mass is 10.0. The molecule has 0 aromatic heterocycles. The van der Waals surface area contributed by atoms with Crippen molar-refractivity contribution in [1.82, 2.24) is 0 Å². The number of hydrogen-bond donors (Lipinski definition) is 1. The van der Waals surface area contributed by atoms with Crippen LogP contribution in [0.2, 0.25) is 0 Å². The summed E-state index contributed by atoms with van der Waals surface area (Å²) in [5.74, 6) is -2.78. The molecule has 0 saturated carbocycles. The largest absolute Gasteiger partial charge is 0.465 e. The number of carbonyl (C=O) groups is 2. The van der Waals surface area contributed by atoms with Crippen LogP contribution in [0.15, 0.2) is 0 Å². The van der Waals surface area contributed by atoms with E-state index in [-0.39, 0.29) is 26.1 Å². The number of ether oxygens (including phenoxy) is 2.